The number of hydrogen-bond acceptors (Lipinski definition) is 2. The van der Waals surface area contributed by atoms with E-state index in [0.717, 1.165) is 11.9 Å². The summed E-state index contributed by atoms with van der Waals surface area (Å²) in [5.41, 5.74) is 3.12. The molecule has 0 radical (unpaired) electrons. The maximum atomic E-state index is 11.6. The van der Waals surface area contributed by atoms with Gasteiger partial charge in [0.2, 0.25) is 0 Å². The summed E-state index contributed by atoms with van der Waals surface area (Å²) in [5, 5.41) is 3.99. The molecule has 0 aliphatic rings. The summed E-state index contributed by atoms with van der Waals surface area (Å²) in [7, 11) is 0. The molecule has 0 bridgehead atoms. The molecule has 0 atom stereocenters. The van der Waals surface area contributed by atoms with Crippen LogP contribution in [0.15, 0.2) is 24.4 Å². The summed E-state index contributed by atoms with van der Waals surface area (Å²) < 4.78 is 5.20. The van der Waals surface area contributed by atoms with Crippen molar-refractivity contribution in [2.45, 2.75) is 39.7 Å². The molecule has 0 saturated carbocycles. The Morgan fingerprint density at radius 2 is 2.10 bits per heavy atom. The van der Waals surface area contributed by atoms with Crippen LogP contribution in [0.1, 0.15) is 31.9 Å². The number of rotatable bonds is 3. The van der Waals surface area contributed by atoms with Gasteiger partial charge < -0.3 is 15.0 Å². The maximum absolute atomic E-state index is 11.6. The summed E-state index contributed by atoms with van der Waals surface area (Å²) >= 11 is 0. The zero-order chi connectivity index (χ0) is 14.8. The second-order valence-electron chi connectivity index (χ2n) is 6.04. The van der Waals surface area contributed by atoms with Gasteiger partial charge in [-0.2, -0.15) is 0 Å². The second-order valence-corrected chi connectivity index (χ2v) is 6.04. The van der Waals surface area contributed by atoms with Crippen molar-refractivity contribution in [3.63, 3.8) is 0 Å². The third-order valence-electron chi connectivity index (χ3n) is 2.99. The number of fused-ring (bicyclic) bond motifs is 1. The zero-order valence-electron chi connectivity index (χ0n) is 12.5. The molecule has 2 aromatic rings. The van der Waals surface area contributed by atoms with Crippen LogP contribution in [0.3, 0.4) is 0 Å². The summed E-state index contributed by atoms with van der Waals surface area (Å²) in [4.78, 5) is 14.8. The standard InChI is InChI=1S/C16H22N2O2/c1-11-5-6-13-12(10-18-14(13)9-11)7-8-17-15(19)20-16(2,3)4/h5-6,9-10,18H,7-8H2,1-4H3,(H,17,19). The van der Waals surface area contributed by atoms with Crippen LogP contribution in [0.4, 0.5) is 4.79 Å². The van der Waals surface area contributed by atoms with Crippen LogP contribution in [-0.4, -0.2) is 23.2 Å². The van der Waals surface area contributed by atoms with Gasteiger partial charge in [-0.3, -0.25) is 0 Å². The van der Waals surface area contributed by atoms with Crippen LogP contribution in [0.2, 0.25) is 0 Å². The Balaban J connectivity index is 1.92. The van der Waals surface area contributed by atoms with Crippen LogP contribution in [0.25, 0.3) is 10.9 Å². The minimum Gasteiger partial charge on any atom is -0.444 e. The number of benzene rings is 1. The first-order chi connectivity index (χ1) is 9.35. The van der Waals surface area contributed by atoms with Gasteiger partial charge in [0.05, 0.1) is 0 Å². The van der Waals surface area contributed by atoms with Crippen molar-refractivity contribution in [1.29, 1.82) is 0 Å². The van der Waals surface area contributed by atoms with Crippen molar-refractivity contribution in [1.82, 2.24) is 10.3 Å². The van der Waals surface area contributed by atoms with Crippen molar-refractivity contribution >= 4 is 17.0 Å². The molecule has 2 rings (SSSR count). The number of carbonyl (C=O) groups excluding carboxylic acids is 1. The van der Waals surface area contributed by atoms with Gasteiger partial charge in [-0.25, -0.2) is 4.79 Å². The summed E-state index contributed by atoms with van der Waals surface area (Å²) in [5.74, 6) is 0. The fraction of sp³-hybridized carbons (Fsp3) is 0.438. The molecule has 4 heteroatoms. The van der Waals surface area contributed by atoms with Gasteiger partial charge >= 0.3 is 6.09 Å². The van der Waals surface area contributed by atoms with Gasteiger partial charge in [0.15, 0.2) is 0 Å². The van der Waals surface area contributed by atoms with Crippen molar-refractivity contribution < 1.29 is 9.53 Å². The van der Waals surface area contributed by atoms with Crippen LogP contribution in [0, 0.1) is 6.92 Å². The fourth-order valence-corrected chi connectivity index (χ4v) is 2.12. The molecule has 1 amide bonds. The van der Waals surface area contributed by atoms with Crippen LogP contribution >= 0.6 is 0 Å². The molecular weight excluding hydrogens is 252 g/mol. The first-order valence-electron chi connectivity index (χ1n) is 6.88. The quantitative estimate of drug-likeness (QED) is 0.899. The summed E-state index contributed by atoms with van der Waals surface area (Å²) in [6, 6.07) is 6.34. The Hall–Kier alpha value is -1.97. The van der Waals surface area contributed by atoms with Crippen molar-refractivity contribution in [3.05, 3.63) is 35.5 Å². The van der Waals surface area contributed by atoms with Gasteiger partial charge in [-0.05, 0) is 51.3 Å². The number of alkyl carbamates (subject to hydrolysis) is 1. The number of aryl methyl sites for hydroxylation is 1. The average molecular weight is 274 g/mol. The number of nitrogens with one attached hydrogen (secondary N) is 2. The molecule has 0 spiro atoms. The Bertz CT molecular complexity index is 608. The minimum absolute atomic E-state index is 0.367. The molecular formula is C16H22N2O2. The largest absolute Gasteiger partial charge is 0.444 e. The molecule has 20 heavy (non-hydrogen) atoms. The van der Waals surface area contributed by atoms with Gasteiger partial charge in [0.25, 0.3) is 0 Å². The van der Waals surface area contributed by atoms with E-state index in [0.29, 0.717) is 6.54 Å². The normalized spacial score (nSPS) is 11.6. The highest BCUT2D eigenvalue weighted by molar-refractivity contribution is 5.83. The minimum atomic E-state index is -0.456. The monoisotopic (exact) mass is 274 g/mol. The third kappa shape index (κ3) is 3.76. The molecule has 1 aromatic carbocycles. The molecule has 1 heterocycles. The number of hydrogen-bond donors (Lipinski definition) is 2. The van der Waals surface area contributed by atoms with E-state index in [1.54, 1.807) is 0 Å². The molecule has 0 aliphatic carbocycles. The smallest absolute Gasteiger partial charge is 0.407 e. The Labute approximate surface area is 119 Å². The summed E-state index contributed by atoms with van der Waals surface area (Å²) in [6.07, 6.45) is 2.41. The molecule has 2 N–H and O–H groups in total. The Kier molecular flexibility index (Phi) is 4.02. The second kappa shape index (κ2) is 5.57. The SMILES string of the molecule is Cc1ccc2c(CCNC(=O)OC(C)(C)C)c[nH]c2c1. The predicted molar refractivity (Wildman–Crippen MR) is 81.0 cm³/mol. The first kappa shape index (κ1) is 14.4. The van der Waals surface area contributed by atoms with Crippen molar-refractivity contribution in [2.24, 2.45) is 0 Å². The first-order valence-corrected chi connectivity index (χ1v) is 6.88. The fourth-order valence-electron chi connectivity index (χ4n) is 2.12. The molecule has 0 saturated heterocycles. The number of aromatic amines is 1. The van der Waals surface area contributed by atoms with E-state index in [2.05, 4.69) is 35.4 Å². The molecule has 4 nitrogen and oxygen atoms in total. The zero-order valence-corrected chi connectivity index (χ0v) is 12.5. The predicted octanol–water partition coefficient (Wildman–Crippen LogP) is 3.54. The molecule has 108 valence electrons. The average Bonchev–Trinajstić information content (AvgIpc) is 2.69. The van der Waals surface area contributed by atoms with E-state index in [4.69, 9.17) is 4.74 Å². The van der Waals surface area contributed by atoms with Crippen molar-refractivity contribution in [3.8, 4) is 0 Å². The number of carbonyl (C=O) groups is 1. The highest BCUT2D eigenvalue weighted by Gasteiger charge is 2.15. The van der Waals surface area contributed by atoms with Gasteiger partial charge in [0.1, 0.15) is 5.60 Å². The molecule has 0 fully saturated rings. The van der Waals surface area contributed by atoms with E-state index in [-0.39, 0.29) is 6.09 Å². The molecule has 0 aliphatic heterocycles. The van der Waals surface area contributed by atoms with Gasteiger partial charge in [0, 0.05) is 23.6 Å². The van der Waals surface area contributed by atoms with Crippen LogP contribution in [-0.2, 0) is 11.2 Å². The number of H-pyrrole nitrogens is 1. The van der Waals surface area contributed by atoms with Crippen LogP contribution in [0.5, 0.6) is 0 Å². The molecule has 0 unspecified atom stereocenters. The maximum Gasteiger partial charge on any atom is 0.407 e. The number of aromatic nitrogens is 1. The van der Waals surface area contributed by atoms with Crippen LogP contribution < -0.4 is 5.32 Å². The number of ether oxygens (including phenoxy) is 1. The van der Waals surface area contributed by atoms with E-state index < -0.39 is 5.60 Å². The van der Waals surface area contributed by atoms with Gasteiger partial charge in [-0.15, -0.1) is 0 Å². The number of amides is 1. The molecule has 1 aromatic heterocycles. The lowest BCUT2D eigenvalue weighted by molar-refractivity contribution is 0.0528. The topological polar surface area (TPSA) is 54.1 Å². The lowest BCUT2D eigenvalue weighted by atomic mass is 10.1. The third-order valence-corrected chi connectivity index (χ3v) is 2.99. The Morgan fingerprint density at radius 1 is 1.35 bits per heavy atom. The lowest BCUT2D eigenvalue weighted by Crippen LogP contribution is -2.33. The highest BCUT2D eigenvalue weighted by atomic mass is 16.6. The van der Waals surface area contributed by atoms with E-state index >= 15 is 0 Å². The van der Waals surface area contributed by atoms with E-state index in [1.807, 2.05) is 27.0 Å². The highest BCUT2D eigenvalue weighted by Crippen LogP contribution is 2.19. The van der Waals surface area contributed by atoms with E-state index in [1.165, 1.54) is 16.5 Å². The Morgan fingerprint density at radius 3 is 2.80 bits per heavy atom. The van der Waals surface area contributed by atoms with E-state index in [9.17, 15) is 4.79 Å². The lowest BCUT2D eigenvalue weighted by Gasteiger charge is -2.19. The van der Waals surface area contributed by atoms with Crippen molar-refractivity contribution in [2.75, 3.05) is 6.54 Å². The van der Waals surface area contributed by atoms with Gasteiger partial charge in [-0.1, -0.05) is 12.1 Å². The summed E-state index contributed by atoms with van der Waals surface area (Å²) in [6.45, 7) is 8.21.